The number of hydrogen-bond donors (Lipinski definition) is 2. The zero-order chi connectivity index (χ0) is 12.7. The summed E-state index contributed by atoms with van der Waals surface area (Å²) in [4.78, 5) is 15.4. The van der Waals surface area contributed by atoms with Crippen LogP contribution in [0.15, 0.2) is 24.4 Å². The van der Waals surface area contributed by atoms with Gasteiger partial charge in [0.25, 0.3) is 0 Å². The Labute approximate surface area is 103 Å². The zero-order valence-electron chi connectivity index (χ0n) is 9.97. The van der Waals surface area contributed by atoms with Crippen molar-refractivity contribution in [3.63, 3.8) is 0 Å². The van der Waals surface area contributed by atoms with Gasteiger partial charge in [-0.15, -0.1) is 0 Å². The predicted molar refractivity (Wildman–Crippen MR) is 69.4 cm³/mol. The SMILES string of the molecule is C[C@@H](CCNC(=O)Nc1ccccn1)[S@](C)=O. The lowest BCUT2D eigenvalue weighted by atomic mass is 10.3. The molecule has 0 bridgehead atoms. The molecule has 2 amide bonds. The van der Waals surface area contributed by atoms with E-state index >= 15 is 0 Å². The summed E-state index contributed by atoms with van der Waals surface area (Å²) in [6, 6.07) is 4.99. The number of urea groups is 1. The number of pyridine rings is 1. The first kappa shape index (κ1) is 13.6. The minimum atomic E-state index is -0.847. The Morgan fingerprint density at radius 2 is 2.29 bits per heavy atom. The summed E-state index contributed by atoms with van der Waals surface area (Å²) in [5.74, 6) is 0.511. The molecule has 0 aromatic carbocycles. The van der Waals surface area contributed by atoms with Gasteiger partial charge in [0.15, 0.2) is 0 Å². The van der Waals surface area contributed by atoms with Gasteiger partial charge in [-0.2, -0.15) is 0 Å². The molecule has 0 radical (unpaired) electrons. The van der Waals surface area contributed by atoms with Crippen LogP contribution in [0.2, 0.25) is 0 Å². The number of anilines is 1. The predicted octanol–water partition coefficient (Wildman–Crippen LogP) is 1.36. The Hall–Kier alpha value is -1.43. The minimum Gasteiger partial charge on any atom is -0.338 e. The quantitative estimate of drug-likeness (QED) is 0.834. The second-order valence-corrected chi connectivity index (χ2v) is 5.50. The number of aromatic nitrogens is 1. The maximum Gasteiger partial charge on any atom is 0.320 e. The van der Waals surface area contributed by atoms with E-state index in [9.17, 15) is 9.00 Å². The first-order chi connectivity index (χ1) is 8.09. The van der Waals surface area contributed by atoms with Gasteiger partial charge in [0.1, 0.15) is 5.82 Å². The fourth-order valence-electron chi connectivity index (χ4n) is 1.15. The fraction of sp³-hybridized carbons (Fsp3) is 0.455. The second kappa shape index (κ2) is 7.01. The third kappa shape index (κ3) is 5.44. The molecule has 6 heteroatoms. The van der Waals surface area contributed by atoms with Gasteiger partial charge in [-0.05, 0) is 18.6 Å². The van der Waals surface area contributed by atoms with E-state index in [-0.39, 0.29) is 11.3 Å². The van der Waals surface area contributed by atoms with Crippen LogP contribution in [0.4, 0.5) is 10.6 Å². The van der Waals surface area contributed by atoms with E-state index in [4.69, 9.17) is 0 Å². The first-order valence-corrected chi connectivity index (χ1v) is 7.00. The van der Waals surface area contributed by atoms with Gasteiger partial charge in [-0.1, -0.05) is 13.0 Å². The Morgan fingerprint density at radius 1 is 1.53 bits per heavy atom. The van der Waals surface area contributed by atoms with Crippen molar-refractivity contribution in [2.45, 2.75) is 18.6 Å². The fourth-order valence-corrected chi connectivity index (χ4v) is 1.60. The van der Waals surface area contributed by atoms with E-state index < -0.39 is 10.8 Å². The van der Waals surface area contributed by atoms with Crippen molar-refractivity contribution in [2.24, 2.45) is 0 Å². The molecule has 0 aliphatic heterocycles. The normalized spacial score (nSPS) is 13.8. The third-order valence-electron chi connectivity index (χ3n) is 2.31. The lowest BCUT2D eigenvalue weighted by molar-refractivity contribution is 0.252. The maximum absolute atomic E-state index is 11.4. The molecule has 1 rings (SSSR count). The molecular formula is C11H17N3O2S. The average Bonchev–Trinajstić information content (AvgIpc) is 2.30. The summed E-state index contributed by atoms with van der Waals surface area (Å²) >= 11 is 0. The highest BCUT2D eigenvalue weighted by Crippen LogP contribution is 2.00. The molecule has 0 fully saturated rings. The van der Waals surface area contributed by atoms with Crippen LogP contribution in [0, 0.1) is 0 Å². The monoisotopic (exact) mass is 255 g/mol. The van der Waals surface area contributed by atoms with Crippen molar-refractivity contribution in [3.05, 3.63) is 24.4 Å². The summed E-state index contributed by atoms with van der Waals surface area (Å²) in [6.07, 6.45) is 3.97. The number of nitrogens with one attached hydrogen (secondary N) is 2. The number of amides is 2. The molecule has 0 spiro atoms. The van der Waals surface area contributed by atoms with Gasteiger partial charge in [0.2, 0.25) is 0 Å². The number of nitrogens with zero attached hydrogens (tertiary/aromatic N) is 1. The summed E-state index contributed by atoms with van der Waals surface area (Å²) in [5, 5.41) is 5.39. The molecule has 0 unspecified atom stereocenters. The zero-order valence-corrected chi connectivity index (χ0v) is 10.8. The topological polar surface area (TPSA) is 71.1 Å². The summed E-state index contributed by atoms with van der Waals surface area (Å²) < 4.78 is 11.1. The Kier molecular flexibility index (Phi) is 5.62. The molecule has 2 atom stereocenters. The van der Waals surface area contributed by atoms with E-state index in [1.54, 1.807) is 30.7 Å². The van der Waals surface area contributed by atoms with Gasteiger partial charge in [-0.3, -0.25) is 9.53 Å². The minimum absolute atomic E-state index is 0.0881. The van der Waals surface area contributed by atoms with Crippen LogP contribution < -0.4 is 10.6 Å². The molecule has 17 heavy (non-hydrogen) atoms. The van der Waals surface area contributed by atoms with Gasteiger partial charge in [0.05, 0.1) is 0 Å². The van der Waals surface area contributed by atoms with Gasteiger partial charge in [-0.25, -0.2) is 9.78 Å². The van der Waals surface area contributed by atoms with Crippen molar-refractivity contribution < 1.29 is 9.00 Å². The standard InChI is InChI=1S/C11H17N3O2S/c1-9(17(2)16)6-8-13-11(15)14-10-5-3-4-7-12-10/h3-5,7,9H,6,8H2,1-2H3,(H2,12,13,14,15)/t9-,17-/m0/s1. The van der Waals surface area contributed by atoms with Gasteiger partial charge in [0, 0.05) is 35.0 Å². The average molecular weight is 255 g/mol. The Morgan fingerprint density at radius 3 is 2.88 bits per heavy atom. The van der Waals surface area contributed by atoms with Gasteiger partial charge < -0.3 is 5.32 Å². The van der Waals surface area contributed by atoms with E-state index in [1.165, 1.54) is 0 Å². The van der Waals surface area contributed by atoms with Crippen LogP contribution in [-0.4, -0.2) is 33.3 Å². The first-order valence-electron chi connectivity index (χ1n) is 5.37. The second-order valence-electron chi connectivity index (χ2n) is 3.69. The molecule has 1 aromatic rings. The van der Waals surface area contributed by atoms with Gasteiger partial charge >= 0.3 is 6.03 Å². The van der Waals surface area contributed by atoms with Crippen molar-refractivity contribution in [3.8, 4) is 0 Å². The third-order valence-corrected chi connectivity index (χ3v) is 3.68. The van der Waals surface area contributed by atoms with Crippen molar-refractivity contribution in [1.29, 1.82) is 0 Å². The highest BCUT2D eigenvalue weighted by atomic mass is 32.2. The maximum atomic E-state index is 11.4. The molecule has 0 aliphatic carbocycles. The largest absolute Gasteiger partial charge is 0.338 e. The number of carbonyl (C=O) groups is 1. The smallest absolute Gasteiger partial charge is 0.320 e. The molecule has 0 saturated carbocycles. The van der Waals surface area contributed by atoms with Crippen LogP contribution in [-0.2, 0) is 10.8 Å². The van der Waals surface area contributed by atoms with Crippen molar-refractivity contribution in [2.75, 3.05) is 18.1 Å². The molecule has 0 saturated heterocycles. The van der Waals surface area contributed by atoms with Crippen molar-refractivity contribution >= 4 is 22.6 Å². The Bertz CT molecular complexity index is 384. The van der Waals surface area contributed by atoms with Crippen LogP contribution in [0.5, 0.6) is 0 Å². The van der Waals surface area contributed by atoms with Crippen LogP contribution in [0.3, 0.4) is 0 Å². The molecular weight excluding hydrogens is 238 g/mol. The molecule has 2 N–H and O–H groups in total. The number of hydrogen-bond acceptors (Lipinski definition) is 3. The molecule has 94 valence electrons. The molecule has 5 nitrogen and oxygen atoms in total. The van der Waals surface area contributed by atoms with Crippen LogP contribution >= 0.6 is 0 Å². The van der Waals surface area contributed by atoms with E-state index in [0.29, 0.717) is 18.8 Å². The summed E-state index contributed by atoms with van der Waals surface area (Å²) in [6.45, 7) is 2.40. The number of carbonyl (C=O) groups excluding carboxylic acids is 1. The van der Waals surface area contributed by atoms with E-state index in [0.717, 1.165) is 0 Å². The molecule has 0 aliphatic rings. The van der Waals surface area contributed by atoms with Crippen LogP contribution in [0.1, 0.15) is 13.3 Å². The lowest BCUT2D eigenvalue weighted by Crippen LogP contribution is -2.31. The summed E-state index contributed by atoms with van der Waals surface area (Å²) in [7, 11) is -0.847. The highest BCUT2D eigenvalue weighted by molar-refractivity contribution is 7.84. The Balaban J connectivity index is 2.25. The van der Waals surface area contributed by atoms with Crippen molar-refractivity contribution in [1.82, 2.24) is 10.3 Å². The van der Waals surface area contributed by atoms with E-state index in [2.05, 4.69) is 15.6 Å². The highest BCUT2D eigenvalue weighted by Gasteiger charge is 2.07. The van der Waals surface area contributed by atoms with E-state index in [1.807, 2.05) is 6.92 Å². The lowest BCUT2D eigenvalue weighted by Gasteiger charge is -2.09. The summed E-state index contributed by atoms with van der Waals surface area (Å²) in [5.41, 5.74) is 0. The van der Waals surface area contributed by atoms with Crippen LogP contribution in [0.25, 0.3) is 0 Å². The number of rotatable bonds is 5. The molecule has 1 heterocycles. The molecule has 1 aromatic heterocycles.